The van der Waals surface area contributed by atoms with Gasteiger partial charge >= 0.3 is 5.97 Å². The number of esters is 1. The van der Waals surface area contributed by atoms with E-state index in [9.17, 15) is 9.90 Å². The van der Waals surface area contributed by atoms with E-state index in [4.69, 9.17) is 21.1 Å². The second-order valence-electron chi connectivity index (χ2n) is 11.0. The standard InChI is InChI=1S/C28H40ClNO4/c1-19-16-22-6-5-13-27(4,28(22,32)17-26(19)33-21(3)31)20(2)18-30-14-11-25(12-15-30)34-24-9-7-23(29)8-10-24/h7-10,16,20,22,25-26,32H,5-6,11-15,17-18H2,1-4H3/t20-,22-,26+,27+,28+/m0/s1. The molecule has 0 spiro atoms. The van der Waals surface area contributed by atoms with E-state index in [2.05, 4.69) is 24.8 Å². The van der Waals surface area contributed by atoms with Crippen molar-refractivity contribution >= 4 is 17.6 Å². The van der Waals surface area contributed by atoms with Crippen molar-refractivity contribution in [2.45, 2.75) is 84.0 Å². The highest BCUT2D eigenvalue weighted by molar-refractivity contribution is 6.30. The Bertz CT molecular complexity index is 894. The molecule has 1 aromatic rings. The van der Waals surface area contributed by atoms with E-state index in [1.165, 1.54) is 6.92 Å². The molecule has 188 valence electrons. The quantitative estimate of drug-likeness (QED) is 0.414. The zero-order chi connectivity index (χ0) is 24.5. The first-order chi connectivity index (χ1) is 16.1. The second kappa shape index (κ2) is 10.2. The number of likely N-dealkylation sites (tertiary alicyclic amines) is 1. The number of piperidine rings is 1. The molecule has 1 aliphatic heterocycles. The Labute approximate surface area is 209 Å². The lowest BCUT2D eigenvalue weighted by Gasteiger charge is -2.58. The normalized spacial score (nSPS) is 33.5. The lowest BCUT2D eigenvalue weighted by atomic mass is 9.51. The van der Waals surface area contributed by atoms with Gasteiger partial charge < -0.3 is 19.5 Å². The van der Waals surface area contributed by atoms with Crippen molar-refractivity contribution in [2.75, 3.05) is 19.6 Å². The van der Waals surface area contributed by atoms with Gasteiger partial charge in [0.1, 0.15) is 18.0 Å². The number of hydrogen-bond donors (Lipinski definition) is 1. The van der Waals surface area contributed by atoms with Crippen molar-refractivity contribution in [1.29, 1.82) is 0 Å². The van der Waals surface area contributed by atoms with Crippen LogP contribution in [0.5, 0.6) is 5.75 Å². The topological polar surface area (TPSA) is 59.0 Å². The van der Waals surface area contributed by atoms with Crippen molar-refractivity contribution in [3.8, 4) is 5.75 Å². The smallest absolute Gasteiger partial charge is 0.303 e. The van der Waals surface area contributed by atoms with Crippen LogP contribution in [0, 0.1) is 17.3 Å². The Kier molecular flexibility index (Phi) is 7.66. The lowest BCUT2D eigenvalue weighted by molar-refractivity contribution is -0.186. The fourth-order valence-electron chi connectivity index (χ4n) is 6.55. The molecule has 0 bridgehead atoms. The summed E-state index contributed by atoms with van der Waals surface area (Å²) in [6.07, 6.45) is 7.68. The van der Waals surface area contributed by atoms with E-state index in [1.807, 2.05) is 31.2 Å². The van der Waals surface area contributed by atoms with E-state index >= 15 is 0 Å². The van der Waals surface area contributed by atoms with Crippen LogP contribution in [0.15, 0.2) is 35.9 Å². The minimum absolute atomic E-state index is 0.124. The van der Waals surface area contributed by atoms with Gasteiger partial charge in [-0.3, -0.25) is 4.79 Å². The van der Waals surface area contributed by atoms with Gasteiger partial charge in [-0.05, 0) is 68.4 Å². The van der Waals surface area contributed by atoms with Crippen LogP contribution in [-0.4, -0.2) is 53.4 Å². The molecule has 5 atom stereocenters. The van der Waals surface area contributed by atoms with Gasteiger partial charge in [-0.15, -0.1) is 0 Å². The molecule has 0 aromatic heterocycles. The van der Waals surface area contributed by atoms with Crippen LogP contribution in [0.25, 0.3) is 0 Å². The Morgan fingerprint density at radius 3 is 2.56 bits per heavy atom. The average molecular weight is 490 g/mol. The molecule has 0 amide bonds. The first kappa shape index (κ1) is 25.5. The number of carbonyl (C=O) groups excluding carboxylic acids is 1. The molecule has 1 saturated heterocycles. The third-order valence-corrected chi connectivity index (χ3v) is 9.11. The highest BCUT2D eigenvalue weighted by Gasteiger charge is 2.58. The zero-order valence-corrected chi connectivity index (χ0v) is 21.8. The molecule has 1 N–H and O–H groups in total. The third kappa shape index (κ3) is 5.17. The van der Waals surface area contributed by atoms with Gasteiger partial charge in [0.2, 0.25) is 0 Å². The minimum atomic E-state index is -0.861. The number of rotatable bonds is 6. The Hall–Kier alpha value is -1.56. The highest BCUT2D eigenvalue weighted by Crippen LogP contribution is 2.56. The van der Waals surface area contributed by atoms with Gasteiger partial charge in [-0.1, -0.05) is 37.9 Å². The Morgan fingerprint density at radius 1 is 1.24 bits per heavy atom. The molecule has 5 nitrogen and oxygen atoms in total. The van der Waals surface area contributed by atoms with Crippen molar-refractivity contribution in [1.82, 2.24) is 4.90 Å². The van der Waals surface area contributed by atoms with Gasteiger partial charge in [-0.25, -0.2) is 0 Å². The molecule has 1 aromatic carbocycles. The van der Waals surface area contributed by atoms with Gasteiger partial charge in [0.25, 0.3) is 0 Å². The van der Waals surface area contributed by atoms with Crippen molar-refractivity contribution in [2.24, 2.45) is 17.3 Å². The molecule has 0 unspecified atom stereocenters. The molecule has 34 heavy (non-hydrogen) atoms. The number of benzene rings is 1. The molecule has 0 radical (unpaired) electrons. The van der Waals surface area contributed by atoms with E-state index in [0.717, 1.165) is 68.1 Å². The number of hydrogen-bond acceptors (Lipinski definition) is 5. The molecular formula is C28H40ClNO4. The van der Waals surface area contributed by atoms with Crippen LogP contribution in [0.4, 0.5) is 0 Å². The fourth-order valence-corrected chi connectivity index (χ4v) is 6.68. The van der Waals surface area contributed by atoms with Crippen LogP contribution in [-0.2, 0) is 9.53 Å². The predicted octanol–water partition coefficient (Wildman–Crippen LogP) is 5.64. The van der Waals surface area contributed by atoms with E-state index in [0.29, 0.717) is 12.3 Å². The van der Waals surface area contributed by atoms with Crippen molar-refractivity contribution in [3.63, 3.8) is 0 Å². The van der Waals surface area contributed by atoms with Crippen LogP contribution in [0.2, 0.25) is 5.02 Å². The summed E-state index contributed by atoms with van der Waals surface area (Å²) in [5.41, 5.74) is -0.0211. The van der Waals surface area contributed by atoms with E-state index in [1.54, 1.807) is 0 Å². The summed E-state index contributed by atoms with van der Waals surface area (Å²) in [7, 11) is 0. The largest absolute Gasteiger partial charge is 0.490 e. The molecule has 3 aliphatic rings. The van der Waals surface area contributed by atoms with Crippen LogP contribution in [0.3, 0.4) is 0 Å². The Balaban J connectivity index is 1.38. The molecule has 6 heteroatoms. The van der Waals surface area contributed by atoms with Gasteiger partial charge in [0.15, 0.2) is 0 Å². The molecule has 4 rings (SSSR count). The first-order valence-corrected chi connectivity index (χ1v) is 13.2. The molecular weight excluding hydrogens is 450 g/mol. The van der Waals surface area contributed by atoms with Crippen molar-refractivity contribution in [3.05, 3.63) is 40.9 Å². The maximum Gasteiger partial charge on any atom is 0.303 e. The molecule has 1 saturated carbocycles. The summed E-state index contributed by atoms with van der Waals surface area (Å²) in [6.45, 7) is 11.0. The summed E-state index contributed by atoms with van der Waals surface area (Å²) in [5.74, 6) is 1.04. The molecule has 2 fully saturated rings. The Morgan fingerprint density at radius 2 is 1.91 bits per heavy atom. The summed E-state index contributed by atoms with van der Waals surface area (Å²) < 4.78 is 11.8. The molecule has 2 aliphatic carbocycles. The van der Waals surface area contributed by atoms with Crippen LogP contribution in [0.1, 0.15) is 66.2 Å². The fraction of sp³-hybridized carbons (Fsp3) is 0.679. The minimum Gasteiger partial charge on any atom is -0.490 e. The average Bonchev–Trinajstić information content (AvgIpc) is 2.78. The van der Waals surface area contributed by atoms with Gasteiger partial charge in [0, 0.05) is 49.3 Å². The number of fused-ring (bicyclic) bond motifs is 1. The monoisotopic (exact) mass is 489 g/mol. The SMILES string of the molecule is CC(=O)O[C@@H]1C[C@@]2(O)[C@H](C=C1C)CCC[C@]2(C)[C@@H](C)CN1CCC(Oc2ccc(Cl)cc2)CC1. The number of aliphatic hydroxyl groups is 1. The summed E-state index contributed by atoms with van der Waals surface area (Å²) in [6, 6.07) is 7.59. The van der Waals surface area contributed by atoms with Gasteiger partial charge in [0.05, 0.1) is 5.60 Å². The molecule has 1 heterocycles. The number of halogens is 1. The van der Waals surface area contributed by atoms with Gasteiger partial charge in [-0.2, -0.15) is 0 Å². The zero-order valence-electron chi connectivity index (χ0n) is 21.1. The lowest BCUT2D eigenvalue weighted by Crippen LogP contribution is -2.61. The van der Waals surface area contributed by atoms with Crippen LogP contribution >= 0.6 is 11.6 Å². The maximum absolute atomic E-state index is 12.2. The highest BCUT2D eigenvalue weighted by atomic mass is 35.5. The summed E-state index contributed by atoms with van der Waals surface area (Å²) in [5, 5.41) is 12.9. The van der Waals surface area contributed by atoms with E-state index < -0.39 is 5.60 Å². The first-order valence-electron chi connectivity index (χ1n) is 12.8. The van der Waals surface area contributed by atoms with E-state index in [-0.39, 0.29) is 29.5 Å². The summed E-state index contributed by atoms with van der Waals surface area (Å²) in [4.78, 5) is 14.2. The third-order valence-electron chi connectivity index (χ3n) is 8.86. The number of ether oxygens (including phenoxy) is 2. The maximum atomic E-state index is 12.2. The van der Waals surface area contributed by atoms with Crippen LogP contribution < -0.4 is 4.74 Å². The second-order valence-corrected chi connectivity index (χ2v) is 11.5. The predicted molar refractivity (Wildman–Crippen MR) is 135 cm³/mol. The van der Waals surface area contributed by atoms with Crippen molar-refractivity contribution < 1.29 is 19.4 Å². The number of nitrogens with zero attached hydrogens (tertiary/aromatic N) is 1. The summed E-state index contributed by atoms with van der Waals surface area (Å²) >= 11 is 5.98. The number of carbonyl (C=O) groups is 1.